The molecule has 51 heavy (non-hydrogen) atoms. The van der Waals surface area contributed by atoms with Gasteiger partial charge >= 0.3 is 0 Å². The van der Waals surface area contributed by atoms with Crippen LogP contribution in [-0.4, -0.2) is 19.5 Å². The number of aromatic nitrogens is 4. The highest BCUT2D eigenvalue weighted by Gasteiger charge is 2.19. The molecule has 4 nitrogen and oxygen atoms in total. The van der Waals surface area contributed by atoms with Crippen molar-refractivity contribution in [3.8, 4) is 51.0 Å². The molecule has 0 aliphatic rings. The Hall–Kier alpha value is -6.91. The van der Waals surface area contributed by atoms with E-state index in [9.17, 15) is 0 Å². The Labute approximate surface area is 295 Å². The second kappa shape index (κ2) is 11.9. The number of hydrogen-bond donors (Lipinski definition) is 0. The van der Waals surface area contributed by atoms with Crippen LogP contribution >= 0.6 is 0 Å². The third-order valence-corrected chi connectivity index (χ3v) is 9.83. The Morgan fingerprint density at radius 1 is 0.314 bits per heavy atom. The predicted molar refractivity (Wildman–Crippen MR) is 211 cm³/mol. The van der Waals surface area contributed by atoms with Crippen LogP contribution < -0.4 is 0 Å². The van der Waals surface area contributed by atoms with E-state index >= 15 is 0 Å². The molecule has 0 bridgehead atoms. The minimum Gasteiger partial charge on any atom is -0.309 e. The number of hydrogen-bond acceptors (Lipinski definition) is 3. The van der Waals surface area contributed by atoms with Gasteiger partial charge in [0.15, 0.2) is 17.5 Å². The Balaban J connectivity index is 1.26. The first-order valence-electron chi connectivity index (χ1n) is 17.2. The van der Waals surface area contributed by atoms with Crippen LogP contribution in [0.1, 0.15) is 0 Å². The summed E-state index contributed by atoms with van der Waals surface area (Å²) in [5, 5.41) is 7.17. The molecule has 10 aromatic rings. The maximum atomic E-state index is 5.17. The molecule has 0 saturated heterocycles. The van der Waals surface area contributed by atoms with E-state index in [1.165, 1.54) is 32.5 Å². The molecule has 0 N–H and O–H groups in total. The van der Waals surface area contributed by atoms with Gasteiger partial charge in [0.25, 0.3) is 0 Å². The van der Waals surface area contributed by atoms with E-state index in [4.69, 9.17) is 15.0 Å². The van der Waals surface area contributed by atoms with Gasteiger partial charge in [-0.15, -0.1) is 0 Å². The summed E-state index contributed by atoms with van der Waals surface area (Å²) in [5.74, 6) is 1.90. The van der Waals surface area contributed by atoms with Gasteiger partial charge < -0.3 is 4.57 Å². The van der Waals surface area contributed by atoms with Gasteiger partial charge in [0, 0.05) is 33.0 Å². The SMILES string of the molecule is c1ccc(-c2nc(-c3ccc(-c4cccc5ccccc45)c(-n4c5ccccc5c5ccccc54)c3)nc(-c3ccc4ccccc4c3)n2)cc1. The summed E-state index contributed by atoms with van der Waals surface area (Å²) in [6.45, 7) is 0. The van der Waals surface area contributed by atoms with Crippen molar-refractivity contribution < 1.29 is 0 Å². The first kappa shape index (κ1) is 29.0. The van der Waals surface area contributed by atoms with Crippen molar-refractivity contribution in [3.05, 3.63) is 182 Å². The molecule has 0 amide bonds. The minimum absolute atomic E-state index is 0.624. The molecule has 0 spiro atoms. The second-order valence-electron chi connectivity index (χ2n) is 12.9. The second-order valence-corrected chi connectivity index (χ2v) is 12.9. The van der Waals surface area contributed by atoms with E-state index in [0.29, 0.717) is 17.5 Å². The number of para-hydroxylation sites is 2. The smallest absolute Gasteiger partial charge is 0.164 e. The lowest BCUT2D eigenvalue weighted by Crippen LogP contribution is -2.02. The van der Waals surface area contributed by atoms with Gasteiger partial charge in [0.05, 0.1) is 16.7 Å². The summed E-state index contributed by atoms with van der Waals surface area (Å²) in [5.41, 5.74) is 8.48. The third kappa shape index (κ3) is 4.96. The van der Waals surface area contributed by atoms with Crippen LogP contribution in [0.3, 0.4) is 0 Å². The molecule has 0 aliphatic carbocycles. The molecule has 0 radical (unpaired) electrons. The lowest BCUT2D eigenvalue weighted by atomic mass is 9.95. The summed E-state index contributed by atoms with van der Waals surface area (Å²) in [4.78, 5) is 15.3. The first-order chi connectivity index (χ1) is 25.3. The molecule has 238 valence electrons. The van der Waals surface area contributed by atoms with Crippen LogP contribution in [-0.2, 0) is 0 Å². The number of rotatable bonds is 5. The summed E-state index contributed by atoms with van der Waals surface area (Å²) >= 11 is 0. The largest absolute Gasteiger partial charge is 0.309 e. The van der Waals surface area contributed by atoms with E-state index < -0.39 is 0 Å². The quantitative estimate of drug-likeness (QED) is 0.186. The first-order valence-corrected chi connectivity index (χ1v) is 17.2. The van der Waals surface area contributed by atoms with Crippen molar-refractivity contribution >= 4 is 43.4 Å². The summed E-state index contributed by atoms with van der Waals surface area (Å²) in [7, 11) is 0. The van der Waals surface area contributed by atoms with Crippen molar-refractivity contribution in [2.75, 3.05) is 0 Å². The molecule has 2 heterocycles. The molecule has 8 aromatic carbocycles. The molecule has 0 fully saturated rings. The molecule has 0 saturated carbocycles. The molecule has 10 rings (SSSR count). The maximum absolute atomic E-state index is 5.17. The zero-order chi connectivity index (χ0) is 33.7. The Morgan fingerprint density at radius 3 is 1.57 bits per heavy atom. The zero-order valence-electron chi connectivity index (χ0n) is 27.6. The van der Waals surface area contributed by atoms with Gasteiger partial charge in [-0.05, 0) is 51.4 Å². The highest BCUT2D eigenvalue weighted by molar-refractivity contribution is 6.10. The normalized spacial score (nSPS) is 11.5. The van der Waals surface area contributed by atoms with Gasteiger partial charge in [-0.1, -0.05) is 158 Å². The fourth-order valence-electron chi connectivity index (χ4n) is 7.40. The summed E-state index contributed by atoms with van der Waals surface area (Å²) in [6.07, 6.45) is 0. The van der Waals surface area contributed by atoms with Gasteiger partial charge in [-0.3, -0.25) is 0 Å². The lowest BCUT2D eigenvalue weighted by Gasteiger charge is -2.17. The molecule has 4 heteroatoms. The van der Waals surface area contributed by atoms with Gasteiger partial charge in [-0.25, -0.2) is 15.0 Å². The van der Waals surface area contributed by atoms with E-state index in [1.54, 1.807) is 0 Å². The van der Waals surface area contributed by atoms with Crippen molar-refractivity contribution in [3.63, 3.8) is 0 Å². The average molecular weight is 651 g/mol. The highest BCUT2D eigenvalue weighted by Crippen LogP contribution is 2.40. The fraction of sp³-hybridized carbons (Fsp3) is 0. The molecule has 0 unspecified atom stereocenters. The van der Waals surface area contributed by atoms with Gasteiger partial charge in [0.2, 0.25) is 0 Å². The summed E-state index contributed by atoms with van der Waals surface area (Å²) < 4.78 is 2.40. The van der Waals surface area contributed by atoms with Crippen LogP contribution in [0, 0.1) is 0 Å². The Kier molecular flexibility index (Phi) is 6.78. The van der Waals surface area contributed by atoms with Crippen LogP contribution in [0.25, 0.3) is 94.3 Å². The minimum atomic E-state index is 0.624. The highest BCUT2D eigenvalue weighted by atomic mass is 15.0. The summed E-state index contributed by atoms with van der Waals surface area (Å²) in [6, 6.07) is 64.1. The molecular formula is C47H30N4. The van der Waals surface area contributed by atoms with Crippen LogP contribution in [0.4, 0.5) is 0 Å². The van der Waals surface area contributed by atoms with Crippen molar-refractivity contribution in [2.45, 2.75) is 0 Å². The number of fused-ring (bicyclic) bond motifs is 5. The van der Waals surface area contributed by atoms with E-state index in [1.807, 2.05) is 18.2 Å². The van der Waals surface area contributed by atoms with Crippen LogP contribution in [0.2, 0.25) is 0 Å². The predicted octanol–water partition coefficient (Wildman–Crippen LogP) is 11.9. The van der Waals surface area contributed by atoms with Gasteiger partial charge in [0.1, 0.15) is 0 Å². The maximum Gasteiger partial charge on any atom is 0.164 e. The average Bonchev–Trinajstić information content (AvgIpc) is 3.54. The fourth-order valence-corrected chi connectivity index (χ4v) is 7.40. The molecule has 0 atom stereocenters. The van der Waals surface area contributed by atoms with E-state index in [2.05, 4.69) is 168 Å². The molecular weight excluding hydrogens is 621 g/mol. The number of benzene rings is 8. The van der Waals surface area contributed by atoms with Crippen molar-refractivity contribution in [1.82, 2.24) is 19.5 Å². The molecule has 0 aliphatic heterocycles. The number of nitrogens with zero attached hydrogens (tertiary/aromatic N) is 4. The Morgan fingerprint density at radius 2 is 0.843 bits per heavy atom. The van der Waals surface area contributed by atoms with E-state index in [-0.39, 0.29) is 0 Å². The van der Waals surface area contributed by atoms with Crippen LogP contribution in [0.5, 0.6) is 0 Å². The third-order valence-electron chi connectivity index (χ3n) is 9.83. The standard InChI is InChI=1S/C47H30N4/c1-2-15-33(16-3-1)45-48-46(35-26-25-31-13-4-5-17-34(31)29-35)50-47(49-45)36-27-28-41(38-22-12-18-32-14-6-7-19-37(32)38)44(30-36)51-42-23-10-8-20-39(42)40-21-9-11-24-43(40)51/h1-30H. The Bertz CT molecular complexity index is 2870. The van der Waals surface area contributed by atoms with Gasteiger partial charge in [-0.2, -0.15) is 0 Å². The van der Waals surface area contributed by atoms with Crippen molar-refractivity contribution in [1.29, 1.82) is 0 Å². The van der Waals surface area contributed by atoms with Crippen molar-refractivity contribution in [2.24, 2.45) is 0 Å². The zero-order valence-corrected chi connectivity index (χ0v) is 27.6. The monoisotopic (exact) mass is 650 g/mol. The topological polar surface area (TPSA) is 43.6 Å². The lowest BCUT2D eigenvalue weighted by molar-refractivity contribution is 1.07. The van der Waals surface area contributed by atoms with Crippen LogP contribution in [0.15, 0.2) is 182 Å². The molecule has 2 aromatic heterocycles. The van der Waals surface area contributed by atoms with E-state index in [0.717, 1.165) is 44.4 Å².